The van der Waals surface area contributed by atoms with Gasteiger partial charge in [-0.3, -0.25) is 4.79 Å². The number of carboxylic acids is 1. The zero-order valence-corrected chi connectivity index (χ0v) is 14.3. The molecule has 0 aliphatic heterocycles. The zero-order chi connectivity index (χ0) is 16.2. The first-order valence-electron chi connectivity index (χ1n) is 7.39. The Balaban J connectivity index is 1.85. The molecule has 8 heteroatoms. The van der Waals surface area contributed by atoms with Crippen LogP contribution in [0.25, 0.3) is 0 Å². The molecule has 1 heterocycles. The normalized spacial score (nSPS) is 16.5. The van der Waals surface area contributed by atoms with Crippen LogP contribution in [-0.4, -0.2) is 50.6 Å². The van der Waals surface area contributed by atoms with Crippen LogP contribution in [0.4, 0.5) is 0 Å². The van der Waals surface area contributed by atoms with Crippen LogP contribution >= 0.6 is 11.3 Å². The maximum atomic E-state index is 12.2. The van der Waals surface area contributed by atoms with Crippen molar-refractivity contribution < 1.29 is 18.3 Å². The molecule has 2 rings (SSSR count). The number of rotatable bonds is 8. The van der Waals surface area contributed by atoms with E-state index in [-0.39, 0.29) is 10.6 Å². The molecule has 0 spiro atoms. The van der Waals surface area contributed by atoms with Gasteiger partial charge in [0.05, 0.1) is 6.42 Å². The summed E-state index contributed by atoms with van der Waals surface area (Å²) in [5, 5.41) is 8.72. The summed E-state index contributed by atoms with van der Waals surface area (Å²) in [6.45, 7) is 1.04. The smallest absolute Gasteiger partial charge is 0.308 e. The summed E-state index contributed by atoms with van der Waals surface area (Å²) in [6.07, 6.45) is 4.73. The van der Waals surface area contributed by atoms with Gasteiger partial charge < -0.3 is 10.0 Å². The van der Waals surface area contributed by atoms with E-state index in [4.69, 9.17) is 5.11 Å². The fraction of sp³-hybridized carbons (Fsp3) is 0.643. The summed E-state index contributed by atoms with van der Waals surface area (Å²) in [5.41, 5.74) is 0. The molecule has 0 saturated heterocycles. The van der Waals surface area contributed by atoms with Gasteiger partial charge in [-0.25, -0.2) is 13.1 Å². The third-order valence-electron chi connectivity index (χ3n) is 3.93. The van der Waals surface area contributed by atoms with E-state index in [0.29, 0.717) is 24.0 Å². The minimum absolute atomic E-state index is 0.148. The summed E-state index contributed by atoms with van der Waals surface area (Å²) in [4.78, 5) is 13.4. The standard InChI is InChI=1S/C14H22N2O4S2/c1-16(11-4-2-3-5-11)9-8-15-22(19,20)14-7-6-12(21-14)10-13(17)18/h6-7,11,15H,2-5,8-10H2,1H3,(H,17,18). The van der Waals surface area contributed by atoms with E-state index in [2.05, 4.69) is 9.62 Å². The van der Waals surface area contributed by atoms with E-state index < -0.39 is 16.0 Å². The molecule has 1 aliphatic rings. The highest BCUT2D eigenvalue weighted by Gasteiger charge is 2.21. The van der Waals surface area contributed by atoms with Crippen LogP contribution in [0.2, 0.25) is 0 Å². The van der Waals surface area contributed by atoms with Crippen LogP contribution in [0.5, 0.6) is 0 Å². The Hall–Kier alpha value is -0.960. The SMILES string of the molecule is CN(CCNS(=O)(=O)c1ccc(CC(=O)O)s1)C1CCCC1. The summed E-state index contributed by atoms with van der Waals surface area (Å²) in [6, 6.07) is 3.58. The number of nitrogens with one attached hydrogen (secondary N) is 1. The molecule has 22 heavy (non-hydrogen) atoms. The maximum Gasteiger partial charge on any atom is 0.308 e. The number of carboxylic acid groups (broad SMARTS) is 1. The molecular weight excluding hydrogens is 324 g/mol. The third-order valence-corrected chi connectivity index (χ3v) is 6.97. The number of aliphatic carboxylic acids is 1. The molecule has 1 aromatic heterocycles. The molecule has 2 N–H and O–H groups in total. The molecular formula is C14H22N2O4S2. The van der Waals surface area contributed by atoms with Crippen molar-refractivity contribution in [1.82, 2.24) is 9.62 Å². The lowest BCUT2D eigenvalue weighted by atomic mass is 10.2. The Morgan fingerprint density at radius 1 is 1.41 bits per heavy atom. The van der Waals surface area contributed by atoms with Gasteiger partial charge in [0.2, 0.25) is 10.0 Å². The Kier molecular flexibility index (Phi) is 5.96. The molecule has 0 atom stereocenters. The number of likely N-dealkylation sites (N-methyl/N-ethyl adjacent to an activating group) is 1. The van der Waals surface area contributed by atoms with Gasteiger partial charge in [-0.2, -0.15) is 0 Å². The van der Waals surface area contributed by atoms with Crippen LogP contribution in [0.15, 0.2) is 16.3 Å². The maximum absolute atomic E-state index is 12.2. The van der Waals surface area contributed by atoms with E-state index in [1.54, 1.807) is 6.07 Å². The van der Waals surface area contributed by atoms with Crippen LogP contribution in [0, 0.1) is 0 Å². The topological polar surface area (TPSA) is 86.7 Å². The molecule has 6 nitrogen and oxygen atoms in total. The first kappa shape index (κ1) is 17.4. The number of sulfonamides is 1. The highest BCUT2D eigenvalue weighted by molar-refractivity contribution is 7.91. The number of carbonyl (C=O) groups is 1. The van der Waals surface area contributed by atoms with E-state index in [1.165, 1.54) is 31.7 Å². The first-order chi connectivity index (χ1) is 10.4. The molecule has 0 aromatic carbocycles. The number of nitrogens with zero attached hydrogens (tertiary/aromatic N) is 1. The number of hydrogen-bond acceptors (Lipinski definition) is 5. The van der Waals surface area contributed by atoms with Gasteiger partial charge in [0.25, 0.3) is 0 Å². The highest BCUT2D eigenvalue weighted by atomic mass is 32.2. The second-order valence-electron chi connectivity index (χ2n) is 5.61. The molecule has 0 bridgehead atoms. The van der Waals surface area contributed by atoms with Crippen LogP contribution in [0.3, 0.4) is 0 Å². The highest BCUT2D eigenvalue weighted by Crippen LogP contribution is 2.23. The van der Waals surface area contributed by atoms with E-state index >= 15 is 0 Å². The second kappa shape index (κ2) is 7.54. The van der Waals surface area contributed by atoms with E-state index in [9.17, 15) is 13.2 Å². The Bertz CT molecular complexity index is 606. The minimum atomic E-state index is -3.55. The molecule has 1 fully saturated rings. The molecule has 1 aromatic rings. The fourth-order valence-electron chi connectivity index (χ4n) is 2.70. The first-order valence-corrected chi connectivity index (χ1v) is 9.69. The summed E-state index contributed by atoms with van der Waals surface area (Å²) < 4.78 is 27.1. The van der Waals surface area contributed by atoms with Crippen molar-refractivity contribution >= 4 is 27.3 Å². The van der Waals surface area contributed by atoms with Gasteiger partial charge in [-0.05, 0) is 32.0 Å². The Labute approximate surface area is 135 Å². The van der Waals surface area contributed by atoms with E-state index in [1.807, 2.05) is 7.05 Å². The van der Waals surface area contributed by atoms with Crippen molar-refractivity contribution in [3.63, 3.8) is 0 Å². The van der Waals surface area contributed by atoms with Gasteiger partial charge in [-0.1, -0.05) is 12.8 Å². The Morgan fingerprint density at radius 3 is 2.73 bits per heavy atom. The van der Waals surface area contributed by atoms with Crippen LogP contribution in [0.1, 0.15) is 30.6 Å². The molecule has 1 saturated carbocycles. The van der Waals surface area contributed by atoms with Gasteiger partial charge in [0, 0.05) is 24.0 Å². The Morgan fingerprint density at radius 2 is 2.09 bits per heavy atom. The van der Waals surface area contributed by atoms with Gasteiger partial charge >= 0.3 is 5.97 Å². The lowest BCUT2D eigenvalue weighted by Gasteiger charge is -2.23. The van der Waals surface area contributed by atoms with Gasteiger partial charge in [0.15, 0.2) is 0 Å². The van der Waals surface area contributed by atoms with E-state index in [0.717, 1.165) is 11.3 Å². The average molecular weight is 346 g/mol. The van der Waals surface area contributed by atoms with Gasteiger partial charge in [0.1, 0.15) is 4.21 Å². The van der Waals surface area contributed by atoms with Crippen LogP contribution < -0.4 is 4.72 Å². The predicted molar refractivity (Wildman–Crippen MR) is 85.7 cm³/mol. The third kappa shape index (κ3) is 4.77. The van der Waals surface area contributed by atoms with Crippen molar-refractivity contribution in [3.8, 4) is 0 Å². The quantitative estimate of drug-likeness (QED) is 0.745. The molecule has 124 valence electrons. The molecule has 0 unspecified atom stereocenters. The molecule has 1 aliphatic carbocycles. The fourth-order valence-corrected chi connectivity index (χ4v) is 5.11. The number of hydrogen-bond donors (Lipinski definition) is 2. The lowest BCUT2D eigenvalue weighted by molar-refractivity contribution is -0.136. The lowest BCUT2D eigenvalue weighted by Crippen LogP contribution is -2.37. The number of thiophene rings is 1. The van der Waals surface area contributed by atoms with Crippen molar-refractivity contribution in [2.24, 2.45) is 0 Å². The minimum Gasteiger partial charge on any atom is -0.481 e. The van der Waals surface area contributed by atoms with Crippen LogP contribution in [-0.2, 0) is 21.2 Å². The van der Waals surface area contributed by atoms with Crippen molar-refractivity contribution in [2.75, 3.05) is 20.1 Å². The largest absolute Gasteiger partial charge is 0.481 e. The second-order valence-corrected chi connectivity index (χ2v) is 8.77. The monoisotopic (exact) mass is 346 g/mol. The zero-order valence-electron chi connectivity index (χ0n) is 12.6. The summed E-state index contributed by atoms with van der Waals surface area (Å²) in [7, 11) is -1.52. The predicted octanol–water partition coefficient (Wildman–Crippen LogP) is 1.53. The van der Waals surface area contributed by atoms with Crippen molar-refractivity contribution in [3.05, 3.63) is 17.0 Å². The summed E-state index contributed by atoms with van der Waals surface area (Å²) in [5.74, 6) is -0.961. The average Bonchev–Trinajstić information content (AvgIpc) is 3.08. The summed E-state index contributed by atoms with van der Waals surface area (Å²) >= 11 is 1.01. The van der Waals surface area contributed by atoms with Crippen molar-refractivity contribution in [2.45, 2.75) is 42.4 Å². The van der Waals surface area contributed by atoms with Gasteiger partial charge in [-0.15, -0.1) is 11.3 Å². The molecule has 0 amide bonds. The molecule has 0 radical (unpaired) electrons. The van der Waals surface area contributed by atoms with Crippen molar-refractivity contribution in [1.29, 1.82) is 0 Å².